The molecule has 0 aromatic heterocycles. The van der Waals surface area contributed by atoms with Crippen LogP contribution in [0.4, 0.5) is 0 Å². The number of nitrogens with zero attached hydrogens (tertiary/aromatic N) is 1. The quantitative estimate of drug-likeness (QED) is 0.676. The first-order chi connectivity index (χ1) is 10.6. The molecule has 0 amide bonds. The Hall–Kier alpha value is -2.12. The number of phenols is 2. The number of aromatic hydroxyl groups is 2. The molecule has 0 spiro atoms. The molecule has 6 nitrogen and oxygen atoms in total. The molecular formula is C16H17NO5. The van der Waals surface area contributed by atoms with Crippen LogP contribution in [0.3, 0.4) is 0 Å². The van der Waals surface area contributed by atoms with Gasteiger partial charge in [0.1, 0.15) is 17.5 Å². The van der Waals surface area contributed by atoms with Gasteiger partial charge in [0.15, 0.2) is 6.29 Å². The molecule has 1 aliphatic heterocycles. The first-order valence-corrected chi connectivity index (χ1v) is 6.94. The van der Waals surface area contributed by atoms with Crippen LogP contribution < -0.4 is 0 Å². The molecule has 2 atom stereocenters. The molecule has 2 unspecified atom stereocenters. The zero-order valence-electron chi connectivity index (χ0n) is 11.8. The third kappa shape index (κ3) is 2.65. The molecule has 22 heavy (non-hydrogen) atoms. The summed E-state index contributed by atoms with van der Waals surface area (Å²) in [6, 6.07) is 10.7. The Kier molecular flexibility index (Phi) is 4.00. The van der Waals surface area contributed by atoms with Crippen molar-refractivity contribution in [3.8, 4) is 22.6 Å². The molecule has 4 N–H and O–H groups in total. The predicted molar refractivity (Wildman–Crippen MR) is 78.4 cm³/mol. The number of phenolic OH excluding ortho intramolecular Hbond substituents is 2. The van der Waals surface area contributed by atoms with E-state index >= 15 is 0 Å². The normalized spacial score (nSPS) is 22.6. The van der Waals surface area contributed by atoms with E-state index in [1.165, 1.54) is 12.1 Å². The van der Waals surface area contributed by atoms with Crippen molar-refractivity contribution in [2.45, 2.75) is 12.3 Å². The van der Waals surface area contributed by atoms with E-state index in [1.54, 1.807) is 30.3 Å². The number of rotatable bonds is 2. The molecule has 0 aliphatic carbocycles. The molecule has 1 aliphatic rings. The van der Waals surface area contributed by atoms with Crippen LogP contribution in [0.1, 0.15) is 11.6 Å². The van der Waals surface area contributed by atoms with Gasteiger partial charge in [0, 0.05) is 18.2 Å². The van der Waals surface area contributed by atoms with Crippen LogP contribution >= 0.6 is 0 Å². The number of hydrogen-bond donors (Lipinski definition) is 4. The zero-order chi connectivity index (χ0) is 15.7. The Morgan fingerprint density at radius 1 is 1.05 bits per heavy atom. The summed E-state index contributed by atoms with van der Waals surface area (Å²) in [5.74, 6) is -0.119. The number of morpholine rings is 1. The molecule has 0 radical (unpaired) electrons. The summed E-state index contributed by atoms with van der Waals surface area (Å²) in [4.78, 5) is 0. The van der Waals surface area contributed by atoms with Gasteiger partial charge in [0.2, 0.25) is 0 Å². The van der Waals surface area contributed by atoms with Crippen LogP contribution in [0.15, 0.2) is 42.5 Å². The summed E-state index contributed by atoms with van der Waals surface area (Å²) in [6.07, 6.45) is -1.17. The summed E-state index contributed by atoms with van der Waals surface area (Å²) in [5.41, 5.74) is 1.77. The topological polar surface area (TPSA) is 93.4 Å². The minimum Gasteiger partial charge on any atom is -0.508 e. The maximum Gasteiger partial charge on any atom is 0.176 e. The molecule has 0 saturated carbocycles. The van der Waals surface area contributed by atoms with Crippen LogP contribution in [0, 0.1) is 0 Å². The van der Waals surface area contributed by atoms with Crippen LogP contribution in [0.25, 0.3) is 11.1 Å². The lowest BCUT2D eigenvalue weighted by Gasteiger charge is -2.35. The lowest BCUT2D eigenvalue weighted by molar-refractivity contribution is -0.263. The maximum atomic E-state index is 10.1. The van der Waals surface area contributed by atoms with Crippen molar-refractivity contribution in [3.63, 3.8) is 0 Å². The molecule has 116 valence electrons. The highest BCUT2D eigenvalue weighted by Gasteiger charge is 2.33. The fourth-order valence-electron chi connectivity index (χ4n) is 2.71. The molecule has 6 heteroatoms. The van der Waals surface area contributed by atoms with Crippen LogP contribution in [-0.4, -0.2) is 45.0 Å². The van der Waals surface area contributed by atoms with Crippen molar-refractivity contribution in [3.05, 3.63) is 48.0 Å². The Labute approximate surface area is 127 Å². The molecule has 3 rings (SSSR count). The number of ether oxygens (including phenoxy) is 1. The summed E-state index contributed by atoms with van der Waals surface area (Å²) < 4.78 is 5.21. The fraction of sp³-hybridized carbons (Fsp3) is 0.250. The Balaban J connectivity index is 2.10. The van der Waals surface area contributed by atoms with E-state index in [4.69, 9.17) is 4.74 Å². The van der Waals surface area contributed by atoms with Gasteiger partial charge in [0.05, 0.1) is 6.61 Å². The average molecular weight is 303 g/mol. The van der Waals surface area contributed by atoms with Crippen molar-refractivity contribution in [2.75, 3.05) is 13.2 Å². The van der Waals surface area contributed by atoms with E-state index in [9.17, 15) is 20.5 Å². The van der Waals surface area contributed by atoms with E-state index in [0.29, 0.717) is 16.7 Å². The third-order valence-electron chi connectivity index (χ3n) is 3.75. The third-order valence-corrected chi connectivity index (χ3v) is 3.75. The van der Waals surface area contributed by atoms with Crippen LogP contribution in [0.5, 0.6) is 11.5 Å². The number of aliphatic hydroxyl groups excluding tert-OH is 1. The van der Waals surface area contributed by atoms with Crippen molar-refractivity contribution in [1.82, 2.24) is 5.06 Å². The zero-order valence-corrected chi connectivity index (χ0v) is 11.8. The molecule has 1 heterocycles. The second kappa shape index (κ2) is 5.94. The van der Waals surface area contributed by atoms with Crippen molar-refractivity contribution in [1.29, 1.82) is 0 Å². The minimum absolute atomic E-state index is 0.0384. The predicted octanol–water partition coefficient (Wildman–Crippen LogP) is 1.85. The van der Waals surface area contributed by atoms with E-state index in [-0.39, 0.29) is 24.7 Å². The second-order valence-electron chi connectivity index (χ2n) is 5.16. The number of benzene rings is 2. The lowest BCUT2D eigenvalue weighted by Crippen LogP contribution is -2.43. The van der Waals surface area contributed by atoms with Gasteiger partial charge in [-0.3, -0.25) is 0 Å². The van der Waals surface area contributed by atoms with Crippen molar-refractivity contribution in [2.24, 2.45) is 0 Å². The highest BCUT2D eigenvalue weighted by atomic mass is 16.6. The lowest BCUT2D eigenvalue weighted by atomic mass is 9.93. The molecule has 2 aromatic carbocycles. The number of hydrogen-bond acceptors (Lipinski definition) is 6. The van der Waals surface area contributed by atoms with E-state index in [0.717, 1.165) is 5.06 Å². The standard InChI is InChI=1S/C16H17NO5/c18-10-5-6-12(14(19)9-10)11-3-1-2-4-13(11)15-16(20)22-8-7-17(15)21/h1-6,9,15-16,18-21H,7-8H2. The van der Waals surface area contributed by atoms with E-state index in [2.05, 4.69) is 0 Å². The van der Waals surface area contributed by atoms with Gasteiger partial charge in [-0.25, -0.2) is 0 Å². The number of aliphatic hydroxyl groups is 1. The second-order valence-corrected chi connectivity index (χ2v) is 5.16. The fourth-order valence-corrected chi connectivity index (χ4v) is 2.71. The summed E-state index contributed by atoms with van der Waals surface area (Å²) >= 11 is 0. The van der Waals surface area contributed by atoms with Gasteiger partial charge in [0.25, 0.3) is 0 Å². The first-order valence-electron chi connectivity index (χ1n) is 6.94. The highest BCUT2D eigenvalue weighted by molar-refractivity contribution is 5.74. The monoisotopic (exact) mass is 303 g/mol. The molecular weight excluding hydrogens is 286 g/mol. The van der Waals surface area contributed by atoms with Gasteiger partial charge in [-0.15, -0.1) is 0 Å². The highest BCUT2D eigenvalue weighted by Crippen LogP contribution is 2.39. The Morgan fingerprint density at radius 2 is 1.82 bits per heavy atom. The summed E-state index contributed by atoms with van der Waals surface area (Å²) in [7, 11) is 0. The minimum atomic E-state index is -1.17. The molecule has 1 saturated heterocycles. The van der Waals surface area contributed by atoms with Gasteiger partial charge >= 0.3 is 0 Å². The number of hydroxylamine groups is 2. The van der Waals surface area contributed by atoms with Gasteiger partial charge in [-0.1, -0.05) is 24.3 Å². The molecule has 1 fully saturated rings. The van der Waals surface area contributed by atoms with Gasteiger partial charge in [-0.05, 0) is 23.3 Å². The van der Waals surface area contributed by atoms with Crippen LogP contribution in [0.2, 0.25) is 0 Å². The van der Waals surface area contributed by atoms with E-state index in [1.807, 2.05) is 0 Å². The van der Waals surface area contributed by atoms with E-state index < -0.39 is 12.3 Å². The Bertz CT molecular complexity index is 665. The van der Waals surface area contributed by atoms with Gasteiger partial charge in [-0.2, -0.15) is 5.06 Å². The largest absolute Gasteiger partial charge is 0.508 e. The van der Waals surface area contributed by atoms with Crippen molar-refractivity contribution >= 4 is 0 Å². The molecule has 0 bridgehead atoms. The Morgan fingerprint density at radius 3 is 2.55 bits per heavy atom. The summed E-state index contributed by atoms with van der Waals surface area (Å²) in [6.45, 7) is 0.512. The SMILES string of the molecule is Oc1ccc(-c2ccccc2C2C(O)OCCN2O)c(O)c1. The first kappa shape index (κ1) is 14.8. The van der Waals surface area contributed by atoms with Crippen LogP contribution in [-0.2, 0) is 4.74 Å². The average Bonchev–Trinajstić information content (AvgIpc) is 2.48. The molecule has 2 aromatic rings. The van der Waals surface area contributed by atoms with Crippen molar-refractivity contribution < 1.29 is 25.3 Å². The smallest absolute Gasteiger partial charge is 0.176 e. The van der Waals surface area contributed by atoms with Gasteiger partial charge < -0.3 is 25.3 Å². The summed E-state index contributed by atoms with van der Waals surface area (Å²) in [5, 5.41) is 40.6. The maximum absolute atomic E-state index is 10.1.